The number of rotatable bonds is 4. The van der Waals surface area contributed by atoms with E-state index in [1.165, 1.54) is 59.9 Å². The van der Waals surface area contributed by atoms with E-state index in [0.29, 0.717) is 23.9 Å². The van der Waals surface area contributed by atoms with Crippen LogP contribution in [0.15, 0.2) is 42.5 Å². The third kappa shape index (κ3) is 3.10. The molecule has 2 fully saturated rings. The molecule has 3 heterocycles. The molecule has 0 spiro atoms. The lowest BCUT2D eigenvalue weighted by atomic mass is 9.77. The maximum absolute atomic E-state index is 11.9. The molecule has 0 amide bonds. The van der Waals surface area contributed by atoms with E-state index in [9.17, 15) is 15.0 Å². The summed E-state index contributed by atoms with van der Waals surface area (Å²) in [4.78, 5) is 14.4. The number of hydrogen-bond donors (Lipinski definition) is 2. The largest absolute Gasteiger partial charge is 0.478 e. The zero-order valence-corrected chi connectivity index (χ0v) is 20.0. The lowest BCUT2D eigenvalue weighted by Gasteiger charge is -2.40. The van der Waals surface area contributed by atoms with Crippen molar-refractivity contribution in [3.05, 3.63) is 59.2 Å². The maximum Gasteiger partial charge on any atom is 0.335 e. The smallest absolute Gasteiger partial charge is 0.335 e. The SMILES string of the molecule is C[C@]12c3ccccc3-c3c(C4CCCCC4)c4ccc(C(=O)O)cc4n3C[C@@H]1CCN2CCO. The molecule has 2 N–H and O–H groups in total. The minimum Gasteiger partial charge on any atom is -0.478 e. The van der Waals surface area contributed by atoms with Gasteiger partial charge in [0.25, 0.3) is 0 Å². The Morgan fingerprint density at radius 1 is 1.09 bits per heavy atom. The van der Waals surface area contributed by atoms with Gasteiger partial charge in [0, 0.05) is 41.0 Å². The van der Waals surface area contributed by atoms with Gasteiger partial charge in [0.1, 0.15) is 0 Å². The zero-order valence-electron chi connectivity index (χ0n) is 20.0. The second kappa shape index (κ2) is 8.24. The van der Waals surface area contributed by atoms with Gasteiger partial charge in [0.2, 0.25) is 0 Å². The van der Waals surface area contributed by atoms with Crippen LogP contribution in [0.2, 0.25) is 0 Å². The maximum atomic E-state index is 11.9. The molecule has 1 aliphatic carbocycles. The molecular formula is C29H34N2O3. The van der Waals surface area contributed by atoms with E-state index in [1.54, 1.807) is 6.07 Å². The third-order valence-electron chi connectivity index (χ3n) is 9.06. The lowest BCUT2D eigenvalue weighted by molar-refractivity contribution is 0.0697. The summed E-state index contributed by atoms with van der Waals surface area (Å²) in [6.45, 7) is 5.04. The third-order valence-corrected chi connectivity index (χ3v) is 9.06. The normalized spacial score (nSPS) is 25.1. The molecular weight excluding hydrogens is 424 g/mol. The molecule has 3 aromatic rings. The molecule has 178 valence electrons. The average molecular weight is 459 g/mol. The van der Waals surface area contributed by atoms with Crippen LogP contribution in [0.25, 0.3) is 22.2 Å². The Labute approximate surface area is 201 Å². The second-order valence-electron chi connectivity index (χ2n) is 10.6. The molecule has 2 aromatic carbocycles. The van der Waals surface area contributed by atoms with Crippen LogP contribution in [0.1, 0.15) is 72.9 Å². The number of aromatic carboxylic acids is 1. The Bertz CT molecular complexity index is 1260. The summed E-state index contributed by atoms with van der Waals surface area (Å²) in [6.07, 6.45) is 7.30. The van der Waals surface area contributed by atoms with Crippen LogP contribution in [-0.4, -0.2) is 45.3 Å². The number of nitrogens with zero attached hydrogens (tertiary/aromatic N) is 2. The van der Waals surface area contributed by atoms with Gasteiger partial charge >= 0.3 is 5.97 Å². The molecule has 2 atom stereocenters. The van der Waals surface area contributed by atoms with Gasteiger partial charge in [-0.15, -0.1) is 0 Å². The number of hydrogen-bond acceptors (Lipinski definition) is 3. The number of benzene rings is 2. The molecule has 1 saturated carbocycles. The fourth-order valence-electron chi connectivity index (χ4n) is 7.35. The quantitative estimate of drug-likeness (QED) is 0.534. The van der Waals surface area contributed by atoms with Crippen LogP contribution in [0, 0.1) is 5.92 Å². The van der Waals surface area contributed by atoms with E-state index in [1.807, 2.05) is 6.07 Å². The summed E-state index contributed by atoms with van der Waals surface area (Å²) in [5.74, 6) is 0.0331. The molecule has 5 nitrogen and oxygen atoms in total. The van der Waals surface area contributed by atoms with Gasteiger partial charge in [0.15, 0.2) is 0 Å². The molecule has 6 rings (SSSR count). The molecule has 3 aliphatic rings. The Morgan fingerprint density at radius 2 is 1.88 bits per heavy atom. The van der Waals surface area contributed by atoms with Crippen molar-refractivity contribution in [2.24, 2.45) is 5.92 Å². The van der Waals surface area contributed by atoms with E-state index in [-0.39, 0.29) is 12.1 Å². The molecule has 5 heteroatoms. The monoisotopic (exact) mass is 458 g/mol. The fraction of sp³-hybridized carbons (Fsp3) is 0.483. The van der Waals surface area contributed by atoms with Gasteiger partial charge in [-0.2, -0.15) is 0 Å². The number of aliphatic hydroxyl groups excluding tert-OH is 1. The minimum absolute atomic E-state index is 0.154. The topological polar surface area (TPSA) is 65.7 Å². The summed E-state index contributed by atoms with van der Waals surface area (Å²) in [5.41, 5.74) is 6.63. The van der Waals surface area contributed by atoms with Gasteiger partial charge in [0.05, 0.1) is 17.9 Å². The van der Waals surface area contributed by atoms with Crippen LogP contribution in [-0.2, 0) is 12.1 Å². The van der Waals surface area contributed by atoms with Gasteiger partial charge < -0.3 is 14.8 Å². The van der Waals surface area contributed by atoms with Crippen molar-refractivity contribution in [1.82, 2.24) is 9.47 Å². The predicted octanol–water partition coefficient (Wildman–Crippen LogP) is 5.60. The van der Waals surface area contributed by atoms with E-state index in [4.69, 9.17) is 0 Å². The van der Waals surface area contributed by atoms with Crippen LogP contribution in [0.4, 0.5) is 0 Å². The number of aromatic nitrogens is 1. The Balaban J connectivity index is 1.66. The second-order valence-corrected chi connectivity index (χ2v) is 10.6. The van der Waals surface area contributed by atoms with Crippen molar-refractivity contribution in [2.45, 2.75) is 63.5 Å². The fourth-order valence-corrected chi connectivity index (χ4v) is 7.35. The minimum atomic E-state index is -0.870. The van der Waals surface area contributed by atoms with Crippen molar-refractivity contribution >= 4 is 16.9 Å². The molecule has 1 aromatic heterocycles. The number of carboxylic acid groups (broad SMARTS) is 1. The molecule has 0 bridgehead atoms. The van der Waals surface area contributed by atoms with Crippen molar-refractivity contribution in [3.63, 3.8) is 0 Å². The first-order chi connectivity index (χ1) is 16.5. The van der Waals surface area contributed by atoms with E-state index in [0.717, 1.165) is 25.0 Å². The Morgan fingerprint density at radius 3 is 2.65 bits per heavy atom. The Hall–Kier alpha value is -2.63. The summed E-state index contributed by atoms with van der Waals surface area (Å²) in [6, 6.07) is 14.6. The van der Waals surface area contributed by atoms with Gasteiger partial charge in [-0.3, -0.25) is 4.90 Å². The van der Waals surface area contributed by atoms with Crippen LogP contribution in [0.3, 0.4) is 0 Å². The van der Waals surface area contributed by atoms with Gasteiger partial charge in [-0.1, -0.05) is 49.6 Å². The highest BCUT2D eigenvalue weighted by Gasteiger charge is 2.49. The summed E-state index contributed by atoms with van der Waals surface area (Å²) in [7, 11) is 0. The predicted molar refractivity (Wildman–Crippen MR) is 134 cm³/mol. The lowest BCUT2D eigenvalue weighted by Crippen LogP contribution is -2.44. The number of likely N-dealkylation sites (tertiary alicyclic amines) is 1. The van der Waals surface area contributed by atoms with Crippen LogP contribution in [0.5, 0.6) is 0 Å². The number of β-amino-alcohol motifs (C(OH)–C–C–N with tert-alkyl or cyclic N) is 1. The first-order valence-electron chi connectivity index (χ1n) is 12.9. The Kier molecular flexibility index (Phi) is 5.30. The highest BCUT2D eigenvalue weighted by atomic mass is 16.4. The van der Waals surface area contributed by atoms with Crippen molar-refractivity contribution in [2.75, 3.05) is 19.7 Å². The molecule has 2 aliphatic heterocycles. The first-order valence-corrected chi connectivity index (χ1v) is 12.9. The molecule has 0 unspecified atom stereocenters. The summed E-state index contributed by atoms with van der Waals surface area (Å²) < 4.78 is 2.46. The average Bonchev–Trinajstić information content (AvgIpc) is 3.31. The summed E-state index contributed by atoms with van der Waals surface area (Å²) in [5, 5.41) is 20.8. The number of carbonyl (C=O) groups is 1. The highest BCUT2D eigenvalue weighted by Crippen LogP contribution is 2.53. The van der Waals surface area contributed by atoms with E-state index >= 15 is 0 Å². The highest BCUT2D eigenvalue weighted by molar-refractivity contribution is 5.98. The first kappa shape index (κ1) is 21.9. The zero-order chi connectivity index (χ0) is 23.4. The van der Waals surface area contributed by atoms with Gasteiger partial charge in [-0.05, 0) is 61.9 Å². The van der Waals surface area contributed by atoms with Crippen molar-refractivity contribution < 1.29 is 15.0 Å². The van der Waals surface area contributed by atoms with Crippen LogP contribution < -0.4 is 0 Å². The van der Waals surface area contributed by atoms with E-state index < -0.39 is 5.97 Å². The molecule has 1 saturated heterocycles. The van der Waals surface area contributed by atoms with Gasteiger partial charge in [-0.25, -0.2) is 4.79 Å². The molecule has 0 radical (unpaired) electrons. The van der Waals surface area contributed by atoms with Crippen LogP contribution >= 0.6 is 0 Å². The van der Waals surface area contributed by atoms with E-state index in [2.05, 4.69) is 46.7 Å². The van der Waals surface area contributed by atoms with Crippen molar-refractivity contribution in [3.8, 4) is 11.3 Å². The number of carboxylic acids is 1. The molecule has 34 heavy (non-hydrogen) atoms. The number of fused-ring (bicyclic) bond motifs is 7. The van der Waals surface area contributed by atoms with Crippen molar-refractivity contribution in [1.29, 1.82) is 0 Å². The number of aliphatic hydroxyl groups is 1. The summed E-state index contributed by atoms with van der Waals surface area (Å²) >= 11 is 0. The standard InChI is InChI=1S/C29H34N2O3/c1-29-21(13-14-30(29)15-16-32)18-31-25-17-20(28(33)34)11-12-23(25)26(19-7-3-2-4-8-19)27(31)22-9-5-6-10-24(22)29/h5-6,9-12,17,19,21,32H,2-4,7-8,13-16,18H2,1H3,(H,33,34)/t21-,29+/m0/s1.